The molecular weight excluding hydrogens is 337 g/mol. The van der Waals surface area contributed by atoms with Crippen LogP contribution in [0.15, 0.2) is 28.0 Å². The third-order valence-corrected chi connectivity index (χ3v) is 9.25. The second-order valence-electron chi connectivity index (χ2n) is 5.78. The maximum Gasteiger partial charge on any atom is 0.442 e. The molecule has 1 heterocycles. The Bertz CT molecular complexity index is 555. The largest absolute Gasteiger partial charge is 0.442 e. The topological polar surface area (TPSA) is 0 Å². The van der Waals surface area contributed by atoms with E-state index in [4.69, 9.17) is 0 Å². The van der Waals surface area contributed by atoms with Crippen molar-refractivity contribution in [2.24, 2.45) is 5.41 Å². The highest BCUT2D eigenvalue weighted by molar-refractivity contribution is 9.59. The Kier molecular flexibility index (Phi) is 3.38. The Labute approximate surface area is 120 Å². The van der Waals surface area contributed by atoms with Gasteiger partial charge in [-0.2, -0.15) is 13.2 Å². The Morgan fingerprint density at radius 2 is 1.68 bits per heavy atom. The summed E-state index contributed by atoms with van der Waals surface area (Å²) >= 11 is 3.09. The molecule has 1 unspecified atom stereocenters. The standard InChI is InChI=1S/C14H16BrF3S/c1-9-5-6-10-8-12(13(2,3)4)19(15,11(10)7-9)14(16,17)18/h5-8H,1-4H3. The lowest BCUT2D eigenvalue weighted by molar-refractivity contribution is -0.0358. The first-order chi connectivity index (χ1) is 8.48. The Morgan fingerprint density at radius 3 is 2.16 bits per heavy atom. The van der Waals surface area contributed by atoms with E-state index in [1.807, 2.05) is 33.8 Å². The molecule has 0 amide bonds. The lowest BCUT2D eigenvalue weighted by atomic mass is 9.95. The van der Waals surface area contributed by atoms with Crippen molar-refractivity contribution in [3.05, 3.63) is 34.2 Å². The van der Waals surface area contributed by atoms with Crippen molar-refractivity contribution >= 4 is 29.4 Å². The molecular formula is C14H16BrF3S. The molecule has 106 valence electrons. The molecule has 0 nitrogen and oxygen atoms in total. The minimum atomic E-state index is -4.29. The third-order valence-electron chi connectivity index (χ3n) is 3.12. The summed E-state index contributed by atoms with van der Waals surface area (Å²) in [6, 6.07) is 5.28. The predicted molar refractivity (Wildman–Crippen MR) is 79.5 cm³/mol. The highest BCUT2D eigenvalue weighted by Gasteiger charge is 2.57. The van der Waals surface area contributed by atoms with Crippen molar-refractivity contribution in [3.63, 3.8) is 0 Å². The van der Waals surface area contributed by atoms with E-state index < -0.39 is 19.4 Å². The minimum absolute atomic E-state index is 0.380. The summed E-state index contributed by atoms with van der Waals surface area (Å²) in [5.74, 6) is 0. The SMILES string of the molecule is Cc1ccc2c(c1)S(Br)(C(F)(F)F)C(C(C)(C)C)=C2. The van der Waals surface area contributed by atoms with Gasteiger partial charge < -0.3 is 0 Å². The lowest BCUT2D eigenvalue weighted by Crippen LogP contribution is -2.22. The highest BCUT2D eigenvalue weighted by Crippen LogP contribution is 2.83. The minimum Gasteiger partial charge on any atom is -0.160 e. The molecule has 0 fully saturated rings. The van der Waals surface area contributed by atoms with Gasteiger partial charge in [0.2, 0.25) is 0 Å². The quantitative estimate of drug-likeness (QED) is 0.507. The van der Waals surface area contributed by atoms with Gasteiger partial charge in [-0.25, -0.2) is 0 Å². The molecule has 1 aliphatic heterocycles. The van der Waals surface area contributed by atoms with Crippen LogP contribution in [-0.4, -0.2) is 5.51 Å². The van der Waals surface area contributed by atoms with Crippen LogP contribution in [0.25, 0.3) is 6.08 Å². The number of hydrogen-bond acceptors (Lipinski definition) is 0. The van der Waals surface area contributed by atoms with Gasteiger partial charge in [0, 0.05) is 4.90 Å². The smallest absolute Gasteiger partial charge is 0.160 e. The summed E-state index contributed by atoms with van der Waals surface area (Å²) < 4.78 is 41.1. The summed E-state index contributed by atoms with van der Waals surface area (Å²) in [7, 11) is -3.13. The number of benzene rings is 1. The van der Waals surface area contributed by atoms with Crippen LogP contribution in [0.2, 0.25) is 0 Å². The summed E-state index contributed by atoms with van der Waals surface area (Å²) in [4.78, 5) is 0.818. The van der Waals surface area contributed by atoms with Crippen LogP contribution in [0.5, 0.6) is 0 Å². The van der Waals surface area contributed by atoms with E-state index in [1.165, 1.54) is 0 Å². The lowest BCUT2D eigenvalue weighted by Gasteiger charge is -2.40. The van der Waals surface area contributed by atoms with Crippen LogP contribution < -0.4 is 0 Å². The van der Waals surface area contributed by atoms with Gasteiger partial charge in [-0.05, 0) is 63.8 Å². The molecule has 2 rings (SSSR count). The molecule has 0 saturated carbocycles. The molecule has 19 heavy (non-hydrogen) atoms. The monoisotopic (exact) mass is 352 g/mol. The van der Waals surface area contributed by atoms with Crippen molar-refractivity contribution in [2.45, 2.75) is 38.1 Å². The zero-order valence-corrected chi connectivity index (χ0v) is 13.6. The van der Waals surface area contributed by atoms with Gasteiger partial charge in [0.15, 0.2) is 0 Å². The molecule has 0 aromatic heterocycles. The van der Waals surface area contributed by atoms with Crippen molar-refractivity contribution in [1.29, 1.82) is 0 Å². The first-order valence-electron chi connectivity index (χ1n) is 5.90. The van der Waals surface area contributed by atoms with Crippen LogP contribution in [-0.2, 0) is 0 Å². The van der Waals surface area contributed by atoms with Crippen LogP contribution in [0.1, 0.15) is 31.9 Å². The van der Waals surface area contributed by atoms with Crippen LogP contribution >= 0.6 is 23.3 Å². The first-order valence-corrected chi connectivity index (χ1v) is 9.37. The van der Waals surface area contributed by atoms with Gasteiger partial charge >= 0.3 is 5.51 Å². The fraction of sp³-hybridized carbons (Fsp3) is 0.429. The molecule has 0 spiro atoms. The summed E-state index contributed by atoms with van der Waals surface area (Å²) in [5.41, 5.74) is -3.28. The van der Waals surface area contributed by atoms with Crippen molar-refractivity contribution in [3.8, 4) is 0 Å². The molecule has 1 aromatic rings. The third kappa shape index (κ3) is 2.25. The Hall–Kier alpha value is -0.420. The van der Waals surface area contributed by atoms with Crippen molar-refractivity contribution < 1.29 is 13.2 Å². The average molecular weight is 353 g/mol. The number of hydrogen-bond donors (Lipinski definition) is 0. The van der Waals surface area contributed by atoms with Crippen molar-refractivity contribution in [1.82, 2.24) is 0 Å². The Morgan fingerprint density at radius 1 is 1.11 bits per heavy atom. The van der Waals surface area contributed by atoms with Gasteiger partial charge in [-0.15, -0.1) is 0 Å². The van der Waals surface area contributed by atoms with Gasteiger partial charge in [0.1, 0.15) is 0 Å². The molecule has 0 radical (unpaired) electrons. The maximum atomic E-state index is 13.7. The fourth-order valence-electron chi connectivity index (χ4n) is 2.23. The molecule has 0 bridgehead atoms. The molecule has 0 saturated heterocycles. The molecule has 5 heteroatoms. The first kappa shape index (κ1) is 15.0. The van der Waals surface area contributed by atoms with Gasteiger partial charge in [-0.1, -0.05) is 32.9 Å². The molecule has 0 aliphatic carbocycles. The van der Waals surface area contributed by atoms with Crippen LogP contribution in [0, 0.1) is 12.3 Å². The van der Waals surface area contributed by atoms with Crippen molar-refractivity contribution in [2.75, 3.05) is 0 Å². The number of aryl methyl sites for hydroxylation is 1. The van der Waals surface area contributed by atoms with Gasteiger partial charge in [0.05, 0.1) is 0 Å². The molecule has 1 aromatic carbocycles. The number of alkyl halides is 3. The number of rotatable bonds is 0. The normalized spacial score (nSPS) is 26.6. The van der Waals surface area contributed by atoms with Gasteiger partial charge in [0.25, 0.3) is 0 Å². The van der Waals surface area contributed by atoms with E-state index in [1.54, 1.807) is 18.2 Å². The number of allylic oxidation sites excluding steroid dienone is 1. The van der Waals surface area contributed by atoms with Gasteiger partial charge in [-0.3, -0.25) is 0 Å². The Balaban J connectivity index is 2.75. The molecule has 0 N–H and O–H groups in total. The molecule has 1 aliphatic rings. The summed E-state index contributed by atoms with van der Waals surface area (Å²) in [6.45, 7) is 7.30. The highest BCUT2D eigenvalue weighted by atomic mass is 79.9. The van der Waals surface area contributed by atoms with E-state index >= 15 is 0 Å². The second kappa shape index (κ2) is 4.29. The fourth-order valence-corrected chi connectivity index (χ4v) is 7.48. The zero-order valence-electron chi connectivity index (χ0n) is 11.2. The number of fused-ring (bicyclic) bond motifs is 1. The van der Waals surface area contributed by atoms with Crippen LogP contribution in [0.3, 0.4) is 0 Å². The number of halogens is 4. The molecule has 1 atom stereocenters. The van der Waals surface area contributed by atoms with Crippen LogP contribution in [0.4, 0.5) is 13.2 Å². The zero-order chi connectivity index (χ0) is 14.6. The van der Waals surface area contributed by atoms with E-state index in [0.717, 1.165) is 5.56 Å². The van der Waals surface area contributed by atoms with E-state index in [0.29, 0.717) is 15.4 Å². The maximum absolute atomic E-state index is 13.7. The van der Waals surface area contributed by atoms with E-state index in [2.05, 4.69) is 14.8 Å². The summed E-state index contributed by atoms with van der Waals surface area (Å²) in [6.07, 6.45) is 1.70. The second-order valence-corrected chi connectivity index (χ2v) is 11.1. The average Bonchev–Trinajstić information content (AvgIpc) is 2.52. The van der Waals surface area contributed by atoms with E-state index in [9.17, 15) is 13.2 Å². The predicted octanol–water partition coefficient (Wildman–Crippen LogP) is 6.39. The summed E-state index contributed by atoms with van der Waals surface area (Å²) in [5, 5.41) is 0. The van der Waals surface area contributed by atoms with E-state index in [-0.39, 0.29) is 0 Å².